The number of nitrogens with one attached hydrogen (secondary N) is 1. The average Bonchev–Trinajstić information content (AvgIpc) is 2.60. The van der Waals surface area contributed by atoms with Gasteiger partial charge in [0, 0.05) is 13.1 Å². The molecule has 2 aliphatic rings. The summed E-state index contributed by atoms with van der Waals surface area (Å²) >= 11 is 0. The van der Waals surface area contributed by atoms with Crippen molar-refractivity contribution < 1.29 is 18.0 Å². The first kappa shape index (κ1) is 11.7. The van der Waals surface area contributed by atoms with Crippen molar-refractivity contribution >= 4 is 5.91 Å². The average molecular weight is 236 g/mol. The fourth-order valence-corrected chi connectivity index (χ4v) is 2.80. The lowest BCUT2D eigenvalue weighted by Gasteiger charge is -2.42. The van der Waals surface area contributed by atoms with E-state index in [2.05, 4.69) is 5.32 Å². The Hall–Kier alpha value is -0.780. The highest BCUT2D eigenvalue weighted by Gasteiger charge is 2.52. The third-order valence-electron chi connectivity index (χ3n) is 3.53. The van der Waals surface area contributed by atoms with Gasteiger partial charge in [-0.15, -0.1) is 0 Å². The van der Waals surface area contributed by atoms with Crippen molar-refractivity contribution in [2.24, 2.45) is 0 Å². The van der Waals surface area contributed by atoms with Gasteiger partial charge in [0.2, 0.25) is 0 Å². The van der Waals surface area contributed by atoms with Crippen LogP contribution in [0.15, 0.2) is 0 Å². The monoisotopic (exact) mass is 236 g/mol. The number of alkyl halides is 3. The molecular formula is C10H15F3N2O. The minimum atomic E-state index is -4.74. The van der Waals surface area contributed by atoms with E-state index in [9.17, 15) is 18.0 Å². The van der Waals surface area contributed by atoms with Crippen LogP contribution in [0, 0.1) is 0 Å². The number of piperidine rings is 1. The molecule has 0 saturated carbocycles. The molecule has 16 heavy (non-hydrogen) atoms. The van der Waals surface area contributed by atoms with Gasteiger partial charge in [-0.25, -0.2) is 0 Å². The highest BCUT2D eigenvalue weighted by molar-refractivity contribution is 5.83. The molecule has 0 aliphatic carbocycles. The Kier molecular flexibility index (Phi) is 2.86. The second-order valence-electron chi connectivity index (χ2n) is 4.56. The van der Waals surface area contributed by atoms with Crippen molar-refractivity contribution in [2.45, 2.75) is 37.4 Å². The number of likely N-dealkylation sites (tertiary alicyclic amines) is 1. The first-order chi connectivity index (χ1) is 7.46. The molecule has 0 bridgehead atoms. The molecule has 2 rings (SSSR count). The Morgan fingerprint density at radius 3 is 2.50 bits per heavy atom. The van der Waals surface area contributed by atoms with E-state index in [1.54, 1.807) is 0 Å². The molecule has 2 heterocycles. The van der Waals surface area contributed by atoms with E-state index in [-0.39, 0.29) is 6.54 Å². The van der Waals surface area contributed by atoms with E-state index in [1.165, 1.54) is 0 Å². The first-order valence-electron chi connectivity index (χ1n) is 5.55. The molecule has 1 atom stereocenters. The summed E-state index contributed by atoms with van der Waals surface area (Å²) in [6.07, 6.45) is -1.87. The summed E-state index contributed by atoms with van der Waals surface area (Å²) in [5.41, 5.74) is -0.579. The maximum absolute atomic E-state index is 12.4. The Morgan fingerprint density at radius 1 is 1.25 bits per heavy atom. The molecule has 2 aliphatic heterocycles. The van der Waals surface area contributed by atoms with E-state index in [4.69, 9.17) is 0 Å². The summed E-state index contributed by atoms with van der Waals surface area (Å²) in [4.78, 5) is 12.4. The van der Waals surface area contributed by atoms with Gasteiger partial charge in [-0.3, -0.25) is 4.79 Å². The number of carbonyl (C=O) groups is 1. The zero-order chi connectivity index (χ0) is 11.8. The Morgan fingerprint density at radius 2 is 1.94 bits per heavy atom. The van der Waals surface area contributed by atoms with E-state index in [0.29, 0.717) is 25.8 Å². The molecule has 6 heteroatoms. The van der Waals surface area contributed by atoms with Crippen LogP contribution in [0.4, 0.5) is 13.2 Å². The van der Waals surface area contributed by atoms with E-state index < -0.39 is 17.6 Å². The summed E-state index contributed by atoms with van der Waals surface area (Å²) in [6, 6.07) is 0. The summed E-state index contributed by atoms with van der Waals surface area (Å²) in [6.45, 7) is 1.56. The summed E-state index contributed by atoms with van der Waals surface area (Å²) in [7, 11) is 0. The number of hydrogen-bond donors (Lipinski definition) is 1. The van der Waals surface area contributed by atoms with Gasteiger partial charge in [0.15, 0.2) is 0 Å². The highest BCUT2D eigenvalue weighted by atomic mass is 19.4. The van der Waals surface area contributed by atoms with Gasteiger partial charge >= 0.3 is 12.1 Å². The lowest BCUT2D eigenvalue weighted by atomic mass is 9.87. The third-order valence-corrected chi connectivity index (χ3v) is 3.53. The van der Waals surface area contributed by atoms with Crippen LogP contribution in [0.3, 0.4) is 0 Å². The predicted octanol–water partition coefficient (Wildman–Crippen LogP) is 1.29. The van der Waals surface area contributed by atoms with E-state index in [1.807, 2.05) is 0 Å². The van der Waals surface area contributed by atoms with Crippen LogP contribution in [0.5, 0.6) is 0 Å². The lowest BCUT2D eigenvalue weighted by molar-refractivity contribution is -0.190. The van der Waals surface area contributed by atoms with Gasteiger partial charge in [-0.05, 0) is 32.2 Å². The Balaban J connectivity index is 2.17. The fraction of sp³-hybridized carbons (Fsp3) is 0.900. The molecule has 1 N–H and O–H groups in total. The highest BCUT2D eigenvalue weighted by Crippen LogP contribution is 2.37. The van der Waals surface area contributed by atoms with Gasteiger partial charge in [0.05, 0.1) is 5.54 Å². The van der Waals surface area contributed by atoms with Gasteiger partial charge in [-0.1, -0.05) is 0 Å². The minimum Gasteiger partial charge on any atom is -0.328 e. The van der Waals surface area contributed by atoms with Crippen LogP contribution in [0.2, 0.25) is 0 Å². The molecule has 1 unspecified atom stereocenters. The van der Waals surface area contributed by atoms with Crippen LogP contribution >= 0.6 is 0 Å². The van der Waals surface area contributed by atoms with Crippen LogP contribution < -0.4 is 5.32 Å². The van der Waals surface area contributed by atoms with Crippen molar-refractivity contribution in [2.75, 3.05) is 19.6 Å². The Labute approximate surface area is 92.0 Å². The zero-order valence-corrected chi connectivity index (χ0v) is 8.94. The minimum absolute atomic E-state index is 0.236. The number of hydrogen-bond acceptors (Lipinski definition) is 2. The van der Waals surface area contributed by atoms with Crippen molar-refractivity contribution in [3.05, 3.63) is 0 Å². The normalized spacial score (nSPS) is 31.1. The predicted molar refractivity (Wildman–Crippen MR) is 51.8 cm³/mol. The number of halogens is 3. The summed E-state index contributed by atoms with van der Waals surface area (Å²) < 4.78 is 37.3. The van der Waals surface area contributed by atoms with Gasteiger partial charge in [0.1, 0.15) is 0 Å². The first-order valence-corrected chi connectivity index (χ1v) is 5.55. The zero-order valence-electron chi connectivity index (χ0n) is 8.94. The molecule has 2 fully saturated rings. The summed E-state index contributed by atoms with van der Waals surface area (Å²) in [5.74, 6) is -1.67. The standard InChI is InChI=1S/C10H15F3N2O/c11-10(12,13)8(16)15-6-2-4-9(15)3-1-5-14-7-9/h14H,1-7H2. The van der Waals surface area contributed by atoms with Gasteiger partial charge < -0.3 is 10.2 Å². The molecule has 0 aromatic carbocycles. The molecule has 92 valence electrons. The van der Waals surface area contributed by atoms with Gasteiger partial charge in [-0.2, -0.15) is 13.2 Å². The second kappa shape index (κ2) is 3.91. The molecule has 2 saturated heterocycles. The molecular weight excluding hydrogens is 221 g/mol. The SMILES string of the molecule is O=C(N1CCCC12CCCNC2)C(F)(F)F. The van der Waals surface area contributed by atoms with Crippen molar-refractivity contribution in [1.29, 1.82) is 0 Å². The smallest absolute Gasteiger partial charge is 0.328 e. The van der Waals surface area contributed by atoms with Crippen molar-refractivity contribution in [3.63, 3.8) is 0 Å². The Bertz CT molecular complexity index is 284. The van der Waals surface area contributed by atoms with Gasteiger partial charge in [0.25, 0.3) is 0 Å². The number of rotatable bonds is 0. The molecule has 0 radical (unpaired) electrons. The van der Waals surface area contributed by atoms with Crippen LogP contribution in [0.25, 0.3) is 0 Å². The van der Waals surface area contributed by atoms with E-state index >= 15 is 0 Å². The molecule has 0 aromatic rings. The molecule has 1 spiro atoms. The largest absolute Gasteiger partial charge is 0.471 e. The fourth-order valence-electron chi connectivity index (χ4n) is 2.80. The summed E-state index contributed by atoms with van der Waals surface area (Å²) in [5, 5.41) is 3.09. The maximum Gasteiger partial charge on any atom is 0.471 e. The second-order valence-corrected chi connectivity index (χ2v) is 4.56. The van der Waals surface area contributed by atoms with Crippen molar-refractivity contribution in [3.8, 4) is 0 Å². The van der Waals surface area contributed by atoms with Crippen LogP contribution in [-0.2, 0) is 4.79 Å². The molecule has 1 amide bonds. The van der Waals surface area contributed by atoms with Crippen LogP contribution in [-0.4, -0.2) is 42.2 Å². The third kappa shape index (κ3) is 1.90. The van der Waals surface area contributed by atoms with Crippen LogP contribution in [0.1, 0.15) is 25.7 Å². The molecule has 3 nitrogen and oxygen atoms in total. The molecule has 0 aromatic heterocycles. The van der Waals surface area contributed by atoms with Crippen molar-refractivity contribution in [1.82, 2.24) is 10.2 Å². The topological polar surface area (TPSA) is 32.3 Å². The number of nitrogens with zero attached hydrogens (tertiary/aromatic N) is 1. The lowest BCUT2D eigenvalue weighted by Crippen LogP contribution is -2.58. The number of amides is 1. The quantitative estimate of drug-likeness (QED) is 0.687. The van der Waals surface area contributed by atoms with E-state index in [0.717, 1.165) is 17.9 Å². The maximum atomic E-state index is 12.4. The number of carbonyl (C=O) groups excluding carboxylic acids is 1.